The topological polar surface area (TPSA) is 110 Å². The molecule has 1 aromatic rings. The second-order valence-electron chi connectivity index (χ2n) is 16.8. The maximum atomic E-state index is 13.3. The normalized spacial score (nSPS) is 43.3. The summed E-state index contributed by atoms with van der Waals surface area (Å²) in [4.78, 5) is 37.9. The summed E-state index contributed by atoms with van der Waals surface area (Å²) in [5, 5.41) is 21.3. The lowest BCUT2D eigenvalue weighted by molar-refractivity contribution is -0.225. The number of esters is 2. The van der Waals surface area contributed by atoms with Gasteiger partial charge in [-0.15, -0.1) is 0 Å². The largest absolute Gasteiger partial charge is 0.478 e. The van der Waals surface area contributed by atoms with E-state index in [1.807, 2.05) is 19.9 Å². The van der Waals surface area contributed by atoms with E-state index in [1.165, 1.54) is 12.1 Å². The maximum absolute atomic E-state index is 13.3. The minimum absolute atomic E-state index is 0.0157. The average Bonchev–Trinajstić information content (AvgIpc) is 3.46. The molecule has 2 N–H and O–H groups in total. The third-order valence-electron chi connectivity index (χ3n) is 14.2. The molecule has 7 heteroatoms. The van der Waals surface area contributed by atoms with Crippen molar-refractivity contribution in [3.8, 4) is 0 Å². The highest BCUT2D eigenvalue weighted by Gasteiger charge is 2.71. The molecule has 1 heterocycles. The summed E-state index contributed by atoms with van der Waals surface area (Å²) in [5.74, 6) is -0.904. The molecule has 6 rings (SSSR count). The molecule has 0 bridgehead atoms. The van der Waals surface area contributed by atoms with Crippen LogP contribution in [0.1, 0.15) is 127 Å². The van der Waals surface area contributed by atoms with Gasteiger partial charge in [-0.05, 0) is 123 Å². The van der Waals surface area contributed by atoms with Gasteiger partial charge in [-0.2, -0.15) is 0 Å². The Kier molecular flexibility index (Phi) is 7.66. The number of carbonyl (C=O) groups is 3. The number of benzene rings is 1. The quantitative estimate of drug-likeness (QED) is 0.258. The van der Waals surface area contributed by atoms with E-state index in [1.54, 1.807) is 12.1 Å². The number of fused-ring (bicyclic) bond motifs is 5. The van der Waals surface area contributed by atoms with Gasteiger partial charge in [-0.3, -0.25) is 0 Å². The molecule has 1 aromatic carbocycles. The van der Waals surface area contributed by atoms with Crippen molar-refractivity contribution >= 4 is 17.9 Å². The number of allylic oxidation sites excluding steroid dienone is 1. The van der Waals surface area contributed by atoms with Crippen molar-refractivity contribution in [3.05, 3.63) is 47.0 Å². The van der Waals surface area contributed by atoms with Crippen molar-refractivity contribution in [3.63, 3.8) is 0 Å². The zero-order valence-corrected chi connectivity index (χ0v) is 28.2. The molecule has 0 radical (unpaired) electrons. The molecular weight excluding hydrogens is 568 g/mol. The Morgan fingerprint density at radius 3 is 2.27 bits per heavy atom. The first-order valence-electron chi connectivity index (χ1n) is 17.1. The van der Waals surface area contributed by atoms with Gasteiger partial charge in [-0.1, -0.05) is 46.3 Å². The Morgan fingerprint density at radius 2 is 1.58 bits per heavy atom. The Hall–Kier alpha value is -2.67. The fraction of sp³-hybridized carbons (Fsp3) is 0.711. The smallest absolute Gasteiger partial charge is 0.339 e. The van der Waals surface area contributed by atoms with Crippen LogP contribution in [0.5, 0.6) is 0 Å². The summed E-state index contributed by atoms with van der Waals surface area (Å²) in [5.41, 5.74) is -0.0541. The maximum Gasteiger partial charge on any atom is 0.339 e. The molecule has 4 aliphatic carbocycles. The van der Waals surface area contributed by atoms with E-state index in [0.29, 0.717) is 18.3 Å². The Morgan fingerprint density at radius 1 is 0.889 bits per heavy atom. The predicted octanol–water partition coefficient (Wildman–Crippen LogP) is 7.61. The summed E-state index contributed by atoms with van der Waals surface area (Å²) < 4.78 is 11.9. The molecule has 1 saturated heterocycles. The van der Waals surface area contributed by atoms with Gasteiger partial charge in [0, 0.05) is 17.8 Å². The van der Waals surface area contributed by atoms with Gasteiger partial charge in [0.25, 0.3) is 0 Å². The van der Waals surface area contributed by atoms with Crippen molar-refractivity contribution in [2.75, 3.05) is 0 Å². The summed E-state index contributed by atoms with van der Waals surface area (Å²) >= 11 is 0. The number of ether oxygens (including phenoxy) is 2. The van der Waals surface area contributed by atoms with Crippen LogP contribution in [0.3, 0.4) is 0 Å². The lowest BCUT2D eigenvalue weighted by Crippen LogP contribution is -2.64. The van der Waals surface area contributed by atoms with Crippen molar-refractivity contribution in [1.29, 1.82) is 0 Å². The van der Waals surface area contributed by atoms with Crippen molar-refractivity contribution in [1.82, 2.24) is 0 Å². The lowest BCUT2D eigenvalue weighted by Gasteiger charge is -2.70. The van der Waals surface area contributed by atoms with E-state index in [0.717, 1.165) is 56.9 Å². The zero-order chi connectivity index (χ0) is 32.7. The van der Waals surface area contributed by atoms with Gasteiger partial charge in [0.2, 0.25) is 0 Å². The second kappa shape index (κ2) is 10.7. The molecule has 0 amide bonds. The fourth-order valence-electron chi connectivity index (χ4n) is 11.9. The Labute approximate surface area is 268 Å². The van der Waals surface area contributed by atoms with E-state index in [2.05, 4.69) is 34.6 Å². The second-order valence-corrected chi connectivity index (χ2v) is 16.8. The summed E-state index contributed by atoms with van der Waals surface area (Å²) in [6.07, 6.45) is 9.52. The molecule has 246 valence electrons. The molecular formula is C38H52O7. The van der Waals surface area contributed by atoms with Crippen LogP contribution in [0, 0.1) is 45.3 Å². The number of rotatable bonds is 5. The average molecular weight is 621 g/mol. The molecule has 5 fully saturated rings. The zero-order valence-electron chi connectivity index (χ0n) is 28.2. The van der Waals surface area contributed by atoms with Gasteiger partial charge in [0.05, 0.1) is 11.1 Å². The summed E-state index contributed by atoms with van der Waals surface area (Å²) in [6.45, 7) is 15.9. The Bertz CT molecular complexity index is 1420. The molecule has 0 aromatic heterocycles. The van der Waals surface area contributed by atoms with Gasteiger partial charge in [0.15, 0.2) is 5.60 Å². The van der Waals surface area contributed by atoms with Crippen LogP contribution in [-0.4, -0.2) is 45.9 Å². The van der Waals surface area contributed by atoms with Crippen LogP contribution >= 0.6 is 0 Å². The van der Waals surface area contributed by atoms with Crippen LogP contribution in [0.15, 0.2) is 35.9 Å². The minimum atomic E-state index is -1.42. The number of carboxylic acid groups (broad SMARTS) is 1. The van der Waals surface area contributed by atoms with E-state index >= 15 is 0 Å². The van der Waals surface area contributed by atoms with E-state index in [4.69, 9.17) is 9.47 Å². The minimum Gasteiger partial charge on any atom is -0.478 e. The third-order valence-corrected chi connectivity index (χ3v) is 14.2. The first-order valence-corrected chi connectivity index (χ1v) is 17.1. The first-order chi connectivity index (χ1) is 21.0. The van der Waals surface area contributed by atoms with Crippen molar-refractivity contribution < 1.29 is 34.1 Å². The summed E-state index contributed by atoms with van der Waals surface area (Å²) in [6, 6.07) is 6.09. The Balaban J connectivity index is 1.22. The van der Waals surface area contributed by atoms with Gasteiger partial charge >= 0.3 is 17.9 Å². The van der Waals surface area contributed by atoms with Gasteiger partial charge < -0.3 is 19.7 Å². The van der Waals surface area contributed by atoms with Crippen LogP contribution in [0.25, 0.3) is 0 Å². The highest BCUT2D eigenvalue weighted by atomic mass is 16.6. The van der Waals surface area contributed by atoms with E-state index in [-0.39, 0.29) is 56.8 Å². The fourth-order valence-corrected chi connectivity index (χ4v) is 11.9. The highest BCUT2D eigenvalue weighted by molar-refractivity contribution is 5.94. The molecule has 0 spiro atoms. The summed E-state index contributed by atoms with van der Waals surface area (Å²) in [7, 11) is 0. The standard InChI is InChI=1S/C38H52O7/c1-22(2)19-25-21-38(43,33(42)44-25)27-13-17-36(6)26(27)11-12-29-35(5)16-15-30(34(3,4)28(35)14-18-37(29,36)7)45-32(41)24-10-8-9-23(20-24)31(39)40/h8-10,19-20,25-30,43H,11-18,21H2,1-7H3,(H,39,40)/t25-,26-,27+,28+,29-,30+,35+,36-,37-,38+/m1/s1. The number of cyclic esters (lactones) is 1. The molecule has 7 nitrogen and oxygen atoms in total. The first kappa shape index (κ1) is 32.3. The molecule has 4 saturated carbocycles. The molecule has 10 atom stereocenters. The van der Waals surface area contributed by atoms with E-state index < -0.39 is 23.5 Å². The predicted molar refractivity (Wildman–Crippen MR) is 170 cm³/mol. The molecule has 5 aliphatic rings. The van der Waals surface area contributed by atoms with E-state index in [9.17, 15) is 24.6 Å². The SMILES string of the molecule is CC(C)=C[C@@H]1C[C@](O)([C@H]2CC[C@]3(C)[C@@H]2CC[C@@H]2[C@@]4(C)CC[C@H](OC(=O)c5cccc(C(=O)O)c5)C(C)(C)[C@@H]4CC[C@]23C)C(=O)O1. The number of aromatic carboxylic acids is 1. The van der Waals surface area contributed by atoms with Crippen molar-refractivity contribution in [2.45, 2.75) is 124 Å². The molecule has 0 unspecified atom stereocenters. The van der Waals surface area contributed by atoms with Crippen LogP contribution in [0.4, 0.5) is 0 Å². The number of carboxylic acids is 1. The lowest BCUT2D eigenvalue weighted by atomic mass is 9.35. The third kappa shape index (κ3) is 4.72. The van der Waals surface area contributed by atoms with Crippen LogP contribution in [0.2, 0.25) is 0 Å². The van der Waals surface area contributed by atoms with Gasteiger partial charge in [-0.25, -0.2) is 14.4 Å². The van der Waals surface area contributed by atoms with Crippen LogP contribution < -0.4 is 0 Å². The molecule has 1 aliphatic heterocycles. The number of hydrogen-bond donors (Lipinski definition) is 2. The van der Waals surface area contributed by atoms with Gasteiger partial charge in [0.1, 0.15) is 12.2 Å². The van der Waals surface area contributed by atoms with Crippen molar-refractivity contribution in [2.24, 2.45) is 45.3 Å². The van der Waals surface area contributed by atoms with Crippen LogP contribution in [-0.2, 0) is 14.3 Å². The highest BCUT2D eigenvalue weighted by Crippen LogP contribution is 2.76. The monoisotopic (exact) mass is 620 g/mol. The molecule has 45 heavy (non-hydrogen) atoms. The number of carbonyl (C=O) groups excluding carboxylic acids is 2. The number of hydrogen-bond acceptors (Lipinski definition) is 6. The number of aliphatic hydroxyl groups is 1.